The summed E-state index contributed by atoms with van der Waals surface area (Å²) in [4.78, 5) is 4.31. The van der Waals surface area contributed by atoms with Crippen molar-refractivity contribution in [1.29, 1.82) is 0 Å². The number of oxazole rings is 1. The fourth-order valence-electron chi connectivity index (χ4n) is 1.83. The second kappa shape index (κ2) is 4.60. The molecule has 0 bridgehead atoms. The number of fused-ring (bicyclic) bond motifs is 1. The molecule has 0 saturated carbocycles. The molecule has 0 aliphatic carbocycles. The third-order valence-electron chi connectivity index (χ3n) is 2.84. The van der Waals surface area contributed by atoms with E-state index < -0.39 is 0 Å². The van der Waals surface area contributed by atoms with E-state index in [-0.39, 0.29) is 0 Å². The molecule has 0 radical (unpaired) electrons. The molecule has 0 atom stereocenters. The number of nitrogens with zero attached hydrogens (tertiary/aromatic N) is 4. The highest BCUT2D eigenvalue weighted by atomic mass is 16.4. The summed E-state index contributed by atoms with van der Waals surface area (Å²) in [6.45, 7) is 0.675. The highest BCUT2D eigenvalue weighted by Crippen LogP contribution is 2.20. The van der Waals surface area contributed by atoms with E-state index in [2.05, 4.69) is 20.5 Å². The lowest BCUT2D eigenvalue weighted by Crippen LogP contribution is -2.08. The lowest BCUT2D eigenvalue weighted by atomic mass is 10.3. The first-order valence-corrected chi connectivity index (χ1v) is 5.95. The Kier molecular flexibility index (Phi) is 2.79. The number of hydrogen-bond acceptors (Lipinski definition) is 6. The van der Waals surface area contributed by atoms with E-state index in [9.17, 15) is 0 Å². The maximum Gasteiger partial charge on any atom is 0.295 e. The molecule has 0 amide bonds. The summed E-state index contributed by atoms with van der Waals surface area (Å²) in [7, 11) is 1.91. The van der Waals surface area contributed by atoms with Gasteiger partial charge in [-0.3, -0.25) is 0 Å². The molecule has 7 nitrogen and oxygen atoms in total. The average Bonchev–Trinajstić information content (AvgIpc) is 2.95. The summed E-state index contributed by atoms with van der Waals surface area (Å²) in [5.41, 5.74) is 7.84. The van der Waals surface area contributed by atoms with Gasteiger partial charge in [-0.15, -0.1) is 10.2 Å². The number of aromatic nitrogens is 4. The maximum absolute atomic E-state index is 5.69. The highest BCUT2D eigenvalue weighted by Gasteiger charge is 2.06. The molecule has 1 aromatic carbocycles. The zero-order valence-corrected chi connectivity index (χ0v) is 10.5. The van der Waals surface area contributed by atoms with Crippen LogP contribution in [-0.4, -0.2) is 26.3 Å². The van der Waals surface area contributed by atoms with Gasteiger partial charge in [-0.2, -0.15) is 4.98 Å². The maximum atomic E-state index is 5.69. The van der Waals surface area contributed by atoms with Crippen LogP contribution in [0.1, 0.15) is 5.82 Å². The van der Waals surface area contributed by atoms with Gasteiger partial charge in [0, 0.05) is 25.7 Å². The molecule has 0 saturated heterocycles. The SMILES string of the molecule is Cn1cnnc1CCNc1nc2cc(N)ccc2o1. The number of nitrogens with one attached hydrogen (secondary N) is 1. The van der Waals surface area contributed by atoms with Gasteiger partial charge < -0.3 is 20.0 Å². The summed E-state index contributed by atoms with van der Waals surface area (Å²) in [6, 6.07) is 5.87. The van der Waals surface area contributed by atoms with Crippen molar-refractivity contribution < 1.29 is 4.42 Å². The van der Waals surface area contributed by atoms with Gasteiger partial charge >= 0.3 is 0 Å². The number of hydrogen-bond donors (Lipinski definition) is 2. The predicted molar refractivity (Wildman–Crippen MR) is 71.6 cm³/mol. The molecule has 0 aliphatic rings. The number of aryl methyl sites for hydroxylation is 1. The highest BCUT2D eigenvalue weighted by molar-refractivity contribution is 5.78. The first-order chi connectivity index (χ1) is 9.22. The minimum absolute atomic E-state index is 0.489. The number of anilines is 2. The van der Waals surface area contributed by atoms with Gasteiger partial charge in [-0.25, -0.2) is 0 Å². The van der Waals surface area contributed by atoms with E-state index in [4.69, 9.17) is 10.2 Å². The zero-order valence-electron chi connectivity index (χ0n) is 10.5. The van der Waals surface area contributed by atoms with Crippen LogP contribution in [0.25, 0.3) is 11.1 Å². The van der Waals surface area contributed by atoms with Crippen molar-refractivity contribution in [2.45, 2.75) is 6.42 Å². The number of rotatable bonds is 4. The van der Waals surface area contributed by atoms with Gasteiger partial charge in [-0.1, -0.05) is 0 Å². The predicted octanol–water partition coefficient (Wildman–Crippen LogP) is 1.19. The second-order valence-corrected chi connectivity index (χ2v) is 4.28. The van der Waals surface area contributed by atoms with Crippen LogP contribution in [0.5, 0.6) is 0 Å². The Morgan fingerprint density at radius 1 is 1.42 bits per heavy atom. The van der Waals surface area contributed by atoms with Crippen molar-refractivity contribution in [1.82, 2.24) is 19.7 Å². The van der Waals surface area contributed by atoms with Crippen LogP contribution in [0.15, 0.2) is 28.9 Å². The van der Waals surface area contributed by atoms with E-state index in [1.54, 1.807) is 18.5 Å². The van der Waals surface area contributed by atoms with Gasteiger partial charge in [0.2, 0.25) is 0 Å². The normalized spacial score (nSPS) is 11.0. The summed E-state index contributed by atoms with van der Waals surface area (Å²) in [5.74, 6) is 0.910. The Morgan fingerprint density at radius 2 is 2.32 bits per heavy atom. The minimum Gasteiger partial charge on any atom is -0.424 e. The topological polar surface area (TPSA) is 94.8 Å². The van der Waals surface area contributed by atoms with Crippen LogP contribution in [-0.2, 0) is 13.5 Å². The van der Waals surface area contributed by atoms with Gasteiger partial charge in [0.25, 0.3) is 6.01 Å². The van der Waals surface area contributed by atoms with Crippen molar-refractivity contribution in [3.05, 3.63) is 30.4 Å². The number of benzene rings is 1. The van der Waals surface area contributed by atoms with Crippen LogP contribution in [0, 0.1) is 0 Å². The average molecular weight is 258 g/mol. The third kappa shape index (κ3) is 2.35. The van der Waals surface area contributed by atoms with Crippen LogP contribution >= 0.6 is 0 Å². The third-order valence-corrected chi connectivity index (χ3v) is 2.84. The Balaban J connectivity index is 1.67. The Hall–Kier alpha value is -2.57. The van der Waals surface area contributed by atoms with Gasteiger partial charge in [0.15, 0.2) is 5.58 Å². The Bertz CT molecular complexity index is 701. The molecule has 0 fully saturated rings. The lowest BCUT2D eigenvalue weighted by Gasteiger charge is -2.00. The smallest absolute Gasteiger partial charge is 0.295 e. The monoisotopic (exact) mass is 258 g/mol. The van der Waals surface area contributed by atoms with Crippen molar-refractivity contribution in [2.75, 3.05) is 17.6 Å². The van der Waals surface area contributed by atoms with Gasteiger partial charge in [0.05, 0.1) is 0 Å². The quantitative estimate of drug-likeness (QED) is 0.683. The van der Waals surface area contributed by atoms with Crippen LogP contribution in [0.3, 0.4) is 0 Å². The van der Waals surface area contributed by atoms with E-state index in [1.165, 1.54) is 0 Å². The lowest BCUT2D eigenvalue weighted by molar-refractivity contribution is 0.613. The molecule has 3 N–H and O–H groups in total. The van der Waals surface area contributed by atoms with Crippen molar-refractivity contribution in [2.24, 2.45) is 7.05 Å². The molecular formula is C12H14N6O. The second-order valence-electron chi connectivity index (χ2n) is 4.28. The molecule has 98 valence electrons. The first kappa shape index (κ1) is 11.5. The molecule has 3 rings (SSSR count). The summed E-state index contributed by atoms with van der Waals surface area (Å²) in [6.07, 6.45) is 2.43. The standard InChI is InChI=1S/C12H14N6O/c1-18-7-15-17-11(18)4-5-14-12-16-9-6-8(13)2-3-10(9)19-12/h2-3,6-7H,4-5,13H2,1H3,(H,14,16). The van der Waals surface area contributed by atoms with E-state index in [0.29, 0.717) is 18.2 Å². The summed E-state index contributed by atoms with van der Waals surface area (Å²) in [5, 5.41) is 11.0. The van der Waals surface area contributed by atoms with E-state index >= 15 is 0 Å². The minimum atomic E-state index is 0.489. The molecule has 2 aromatic heterocycles. The van der Waals surface area contributed by atoms with Crippen LogP contribution < -0.4 is 11.1 Å². The first-order valence-electron chi connectivity index (χ1n) is 5.95. The van der Waals surface area contributed by atoms with Crippen LogP contribution in [0.4, 0.5) is 11.7 Å². The van der Waals surface area contributed by atoms with Crippen molar-refractivity contribution >= 4 is 22.8 Å². The Morgan fingerprint density at radius 3 is 3.11 bits per heavy atom. The van der Waals surface area contributed by atoms with E-state index in [1.807, 2.05) is 17.7 Å². The zero-order chi connectivity index (χ0) is 13.2. The van der Waals surface area contributed by atoms with Gasteiger partial charge in [0.1, 0.15) is 17.7 Å². The summed E-state index contributed by atoms with van der Waals surface area (Å²) >= 11 is 0. The summed E-state index contributed by atoms with van der Waals surface area (Å²) < 4.78 is 7.44. The van der Waals surface area contributed by atoms with E-state index in [0.717, 1.165) is 23.3 Å². The molecular weight excluding hydrogens is 244 g/mol. The van der Waals surface area contributed by atoms with Crippen molar-refractivity contribution in [3.8, 4) is 0 Å². The van der Waals surface area contributed by atoms with Crippen LogP contribution in [0.2, 0.25) is 0 Å². The van der Waals surface area contributed by atoms with Gasteiger partial charge in [-0.05, 0) is 18.2 Å². The number of nitrogen functional groups attached to an aromatic ring is 1. The largest absolute Gasteiger partial charge is 0.424 e. The Labute approximate surface area is 109 Å². The molecule has 3 aromatic rings. The molecule has 2 heterocycles. The number of nitrogens with two attached hydrogens (primary N) is 1. The van der Waals surface area contributed by atoms with Crippen molar-refractivity contribution in [3.63, 3.8) is 0 Å². The molecule has 19 heavy (non-hydrogen) atoms. The molecule has 7 heteroatoms. The fraction of sp³-hybridized carbons (Fsp3) is 0.250. The molecule has 0 unspecified atom stereocenters. The molecule has 0 spiro atoms. The fourth-order valence-corrected chi connectivity index (χ4v) is 1.83. The molecule has 0 aliphatic heterocycles.